The molecule has 0 saturated carbocycles. The molecule has 28 heavy (non-hydrogen) atoms. The van der Waals surface area contributed by atoms with E-state index in [4.69, 9.17) is 5.73 Å². The molecule has 0 heterocycles. The predicted molar refractivity (Wildman–Crippen MR) is 136 cm³/mol. The van der Waals surface area contributed by atoms with Crippen LogP contribution in [0.15, 0.2) is 0 Å². The lowest BCUT2D eigenvalue weighted by molar-refractivity contribution is 0.192. The van der Waals surface area contributed by atoms with E-state index >= 15 is 0 Å². The number of rotatable bonds is 21. The van der Waals surface area contributed by atoms with E-state index in [1.54, 1.807) is 0 Å². The zero-order chi connectivity index (χ0) is 20.2. The molecule has 0 aliphatic carbocycles. The minimum Gasteiger partial charge on any atom is -0.325 e. The molecule has 1 nitrogen and oxygen atoms in total. The van der Waals surface area contributed by atoms with Crippen LogP contribution in [0.3, 0.4) is 0 Å². The number of halogens is 1. The molecular formula is C26H56BrN. The van der Waals surface area contributed by atoms with Crippen LogP contribution in [0.5, 0.6) is 0 Å². The second-order valence-corrected chi connectivity index (χ2v) is 9.25. The van der Waals surface area contributed by atoms with Crippen LogP contribution >= 0.6 is 17.0 Å². The average molecular weight is 463 g/mol. The SMILES string of the molecule is Br.CCCCCCCC(CCC)C(N)(CCCCCCC)CCCCCCC. The molecule has 0 aromatic heterocycles. The lowest BCUT2D eigenvalue weighted by Crippen LogP contribution is -2.47. The summed E-state index contributed by atoms with van der Waals surface area (Å²) in [5.74, 6) is 0.751. The van der Waals surface area contributed by atoms with E-state index in [0.717, 1.165) is 5.92 Å². The van der Waals surface area contributed by atoms with Crippen molar-refractivity contribution in [2.45, 2.75) is 162 Å². The zero-order valence-electron chi connectivity index (χ0n) is 20.2. The molecule has 0 saturated heterocycles. The summed E-state index contributed by atoms with van der Waals surface area (Å²) in [7, 11) is 0. The Balaban J connectivity index is 0. The molecule has 0 fully saturated rings. The van der Waals surface area contributed by atoms with Gasteiger partial charge in [0.15, 0.2) is 0 Å². The maximum Gasteiger partial charge on any atom is 0.0182 e. The Morgan fingerprint density at radius 3 is 1.29 bits per heavy atom. The average Bonchev–Trinajstić information content (AvgIpc) is 2.66. The standard InChI is InChI=1S/C26H55N.BrH/c1-5-9-12-15-18-22-25(21-8-4)26(27,23-19-16-13-10-6-2)24-20-17-14-11-7-3;/h25H,5-24,27H2,1-4H3;1H. The summed E-state index contributed by atoms with van der Waals surface area (Å²) in [6, 6.07) is 0. The molecule has 0 aliphatic heterocycles. The molecule has 0 amide bonds. The van der Waals surface area contributed by atoms with Crippen LogP contribution in [0.25, 0.3) is 0 Å². The van der Waals surface area contributed by atoms with Gasteiger partial charge in [0.2, 0.25) is 0 Å². The van der Waals surface area contributed by atoms with Crippen molar-refractivity contribution in [2.75, 3.05) is 0 Å². The summed E-state index contributed by atoms with van der Waals surface area (Å²) in [4.78, 5) is 0. The Morgan fingerprint density at radius 2 is 0.893 bits per heavy atom. The predicted octanol–water partition coefficient (Wildman–Crippen LogP) is 9.76. The third-order valence-electron chi connectivity index (χ3n) is 6.60. The molecule has 0 radical (unpaired) electrons. The Labute approximate surface area is 190 Å². The van der Waals surface area contributed by atoms with E-state index in [1.807, 2.05) is 0 Å². The van der Waals surface area contributed by atoms with Crippen LogP contribution < -0.4 is 5.73 Å². The Hall–Kier alpha value is 0.440. The highest BCUT2D eigenvalue weighted by Gasteiger charge is 2.32. The van der Waals surface area contributed by atoms with E-state index in [0.29, 0.717) is 0 Å². The van der Waals surface area contributed by atoms with Crippen molar-refractivity contribution < 1.29 is 0 Å². The fourth-order valence-electron chi connectivity index (χ4n) is 4.71. The molecule has 2 N–H and O–H groups in total. The Bertz CT molecular complexity index is 278. The van der Waals surface area contributed by atoms with E-state index in [2.05, 4.69) is 27.7 Å². The summed E-state index contributed by atoms with van der Waals surface area (Å²) >= 11 is 0. The minimum absolute atomic E-state index is 0. The van der Waals surface area contributed by atoms with E-state index in [1.165, 1.54) is 128 Å². The first-order valence-corrected chi connectivity index (χ1v) is 12.9. The van der Waals surface area contributed by atoms with E-state index < -0.39 is 0 Å². The van der Waals surface area contributed by atoms with E-state index in [9.17, 15) is 0 Å². The Morgan fingerprint density at radius 1 is 0.500 bits per heavy atom. The number of hydrogen-bond acceptors (Lipinski definition) is 1. The van der Waals surface area contributed by atoms with Gasteiger partial charge in [0, 0.05) is 5.54 Å². The molecule has 2 heteroatoms. The van der Waals surface area contributed by atoms with Crippen molar-refractivity contribution in [3.63, 3.8) is 0 Å². The monoisotopic (exact) mass is 461 g/mol. The number of unbranched alkanes of at least 4 members (excludes halogenated alkanes) is 12. The topological polar surface area (TPSA) is 26.0 Å². The van der Waals surface area contributed by atoms with Gasteiger partial charge < -0.3 is 5.73 Å². The van der Waals surface area contributed by atoms with Crippen molar-refractivity contribution in [2.24, 2.45) is 11.7 Å². The maximum atomic E-state index is 7.20. The van der Waals surface area contributed by atoms with Crippen molar-refractivity contribution in [1.29, 1.82) is 0 Å². The highest BCUT2D eigenvalue weighted by atomic mass is 79.9. The quantitative estimate of drug-likeness (QED) is 0.169. The molecule has 0 rings (SSSR count). The third-order valence-corrected chi connectivity index (χ3v) is 6.60. The van der Waals surface area contributed by atoms with Crippen molar-refractivity contribution >= 4 is 17.0 Å². The second kappa shape index (κ2) is 22.1. The van der Waals surface area contributed by atoms with Crippen LogP contribution in [0, 0.1) is 5.92 Å². The minimum atomic E-state index is 0. The largest absolute Gasteiger partial charge is 0.325 e. The lowest BCUT2D eigenvalue weighted by Gasteiger charge is -2.39. The summed E-state index contributed by atoms with van der Waals surface area (Å²) in [5, 5.41) is 0. The molecule has 0 aromatic rings. The first-order chi connectivity index (χ1) is 13.1. The zero-order valence-corrected chi connectivity index (χ0v) is 21.9. The van der Waals surface area contributed by atoms with Crippen molar-refractivity contribution in [3.8, 4) is 0 Å². The van der Waals surface area contributed by atoms with Gasteiger partial charge in [-0.15, -0.1) is 17.0 Å². The van der Waals surface area contributed by atoms with Crippen LogP contribution in [0.1, 0.15) is 156 Å². The van der Waals surface area contributed by atoms with Gasteiger partial charge in [-0.1, -0.05) is 130 Å². The molecule has 172 valence electrons. The molecule has 0 aliphatic rings. The first kappa shape index (κ1) is 30.6. The molecule has 1 atom stereocenters. The third kappa shape index (κ3) is 16.3. The summed E-state index contributed by atoms with van der Waals surface area (Å²) in [5.41, 5.74) is 7.31. The normalized spacial score (nSPS) is 12.8. The van der Waals surface area contributed by atoms with Crippen molar-refractivity contribution in [3.05, 3.63) is 0 Å². The first-order valence-electron chi connectivity index (χ1n) is 12.9. The van der Waals surface area contributed by atoms with Crippen LogP contribution in [-0.2, 0) is 0 Å². The van der Waals surface area contributed by atoms with Gasteiger partial charge in [0.05, 0.1) is 0 Å². The van der Waals surface area contributed by atoms with Crippen LogP contribution in [0.2, 0.25) is 0 Å². The number of hydrogen-bond donors (Lipinski definition) is 1. The molecule has 0 bridgehead atoms. The van der Waals surface area contributed by atoms with Gasteiger partial charge >= 0.3 is 0 Å². The highest BCUT2D eigenvalue weighted by Crippen LogP contribution is 2.34. The molecule has 1 unspecified atom stereocenters. The fourth-order valence-corrected chi connectivity index (χ4v) is 4.71. The molecule has 0 spiro atoms. The number of nitrogens with two attached hydrogens (primary N) is 1. The van der Waals surface area contributed by atoms with Crippen LogP contribution in [0.4, 0.5) is 0 Å². The van der Waals surface area contributed by atoms with Gasteiger partial charge in [-0.3, -0.25) is 0 Å². The summed E-state index contributed by atoms with van der Waals surface area (Å²) in [6.07, 6.45) is 27.3. The fraction of sp³-hybridized carbons (Fsp3) is 1.00. The van der Waals surface area contributed by atoms with Gasteiger partial charge in [-0.05, 0) is 31.6 Å². The smallest absolute Gasteiger partial charge is 0.0182 e. The summed E-state index contributed by atoms with van der Waals surface area (Å²) < 4.78 is 0. The van der Waals surface area contributed by atoms with Crippen LogP contribution in [-0.4, -0.2) is 5.54 Å². The van der Waals surface area contributed by atoms with E-state index in [-0.39, 0.29) is 22.5 Å². The molecular weight excluding hydrogens is 406 g/mol. The molecule has 0 aromatic carbocycles. The lowest BCUT2D eigenvalue weighted by atomic mass is 9.72. The van der Waals surface area contributed by atoms with Gasteiger partial charge in [-0.2, -0.15) is 0 Å². The second-order valence-electron chi connectivity index (χ2n) is 9.25. The van der Waals surface area contributed by atoms with Gasteiger partial charge in [-0.25, -0.2) is 0 Å². The van der Waals surface area contributed by atoms with Gasteiger partial charge in [0.1, 0.15) is 0 Å². The van der Waals surface area contributed by atoms with Crippen molar-refractivity contribution in [1.82, 2.24) is 0 Å². The highest BCUT2D eigenvalue weighted by molar-refractivity contribution is 8.93. The van der Waals surface area contributed by atoms with Gasteiger partial charge in [0.25, 0.3) is 0 Å². The maximum absolute atomic E-state index is 7.20. The summed E-state index contributed by atoms with van der Waals surface area (Å²) in [6.45, 7) is 9.27. The Kier molecular flexibility index (Phi) is 24.2.